The molecule has 1 atom stereocenters. The molecule has 0 fully saturated rings. The molecule has 0 amide bonds. The number of rotatable bonds is 2. The minimum atomic E-state index is -0.254. The highest BCUT2D eigenvalue weighted by atomic mass is 19.1. The van der Waals surface area contributed by atoms with Gasteiger partial charge in [0, 0.05) is 5.69 Å². The lowest BCUT2D eigenvalue weighted by molar-refractivity contribution is 0.627. The lowest BCUT2D eigenvalue weighted by atomic mass is 10.0. The van der Waals surface area contributed by atoms with Crippen molar-refractivity contribution in [3.8, 4) is 0 Å². The fourth-order valence-electron chi connectivity index (χ4n) is 2.54. The van der Waals surface area contributed by atoms with E-state index < -0.39 is 0 Å². The van der Waals surface area contributed by atoms with Crippen LogP contribution in [0.5, 0.6) is 0 Å². The Morgan fingerprint density at radius 2 is 1.95 bits per heavy atom. The summed E-state index contributed by atoms with van der Waals surface area (Å²) in [5.41, 5.74) is 9.22. The van der Waals surface area contributed by atoms with Crippen LogP contribution in [0.4, 0.5) is 10.1 Å². The second kappa shape index (κ2) is 4.96. The van der Waals surface area contributed by atoms with E-state index in [0.29, 0.717) is 12.5 Å². The summed E-state index contributed by atoms with van der Waals surface area (Å²) < 4.78 is 13.1. The Balaban J connectivity index is 1.98. The maximum absolute atomic E-state index is 13.1. The van der Waals surface area contributed by atoms with E-state index in [1.165, 1.54) is 23.3 Å². The van der Waals surface area contributed by atoms with Crippen LogP contribution < -0.4 is 10.6 Å². The summed E-state index contributed by atoms with van der Waals surface area (Å²) in [4.78, 5) is 6.28. The molecule has 2 aromatic carbocycles. The summed E-state index contributed by atoms with van der Waals surface area (Å²) in [5, 5.41) is 0. The van der Waals surface area contributed by atoms with Crippen molar-refractivity contribution in [2.75, 3.05) is 11.4 Å². The molecule has 0 radical (unpaired) electrons. The molecule has 1 unspecified atom stereocenters. The Hall–Kier alpha value is -2.36. The number of hydrogen-bond donors (Lipinski definition) is 1. The van der Waals surface area contributed by atoms with Crippen molar-refractivity contribution in [2.24, 2.45) is 10.7 Å². The number of hydrogen-bond acceptors (Lipinski definition) is 3. The third-order valence-electron chi connectivity index (χ3n) is 3.52. The number of aryl methyl sites for hydroxylation is 1. The lowest BCUT2D eigenvalue weighted by Gasteiger charge is -2.26. The van der Waals surface area contributed by atoms with E-state index in [9.17, 15) is 4.39 Å². The van der Waals surface area contributed by atoms with Crippen molar-refractivity contribution in [3.63, 3.8) is 0 Å². The number of halogens is 1. The first-order valence-corrected chi connectivity index (χ1v) is 6.56. The Morgan fingerprint density at radius 1 is 1.20 bits per heavy atom. The van der Waals surface area contributed by atoms with Crippen LogP contribution in [0, 0.1) is 12.7 Å². The predicted octanol–water partition coefficient (Wildman–Crippen LogP) is 3.01. The third-order valence-corrected chi connectivity index (χ3v) is 3.52. The smallest absolute Gasteiger partial charge is 0.196 e. The molecular formula is C16H16FN3. The average Bonchev–Trinajstić information content (AvgIpc) is 2.82. The van der Waals surface area contributed by atoms with Crippen molar-refractivity contribution < 1.29 is 4.39 Å². The van der Waals surface area contributed by atoms with Gasteiger partial charge in [-0.1, -0.05) is 29.8 Å². The number of nitrogens with zero attached hydrogens (tertiary/aromatic N) is 2. The van der Waals surface area contributed by atoms with E-state index in [-0.39, 0.29) is 11.9 Å². The molecule has 20 heavy (non-hydrogen) atoms. The first-order valence-electron chi connectivity index (χ1n) is 6.56. The van der Waals surface area contributed by atoms with Crippen LogP contribution in [0.1, 0.15) is 17.2 Å². The van der Waals surface area contributed by atoms with Crippen LogP contribution in [-0.2, 0) is 0 Å². The molecule has 3 rings (SSSR count). The van der Waals surface area contributed by atoms with Gasteiger partial charge in [-0.25, -0.2) is 4.39 Å². The summed E-state index contributed by atoms with van der Waals surface area (Å²) in [5.74, 6) is 0.221. The Morgan fingerprint density at radius 3 is 2.65 bits per heavy atom. The van der Waals surface area contributed by atoms with Gasteiger partial charge < -0.3 is 10.6 Å². The van der Waals surface area contributed by atoms with Crippen LogP contribution in [0.15, 0.2) is 53.5 Å². The molecule has 1 aliphatic heterocycles. The first kappa shape index (κ1) is 12.7. The van der Waals surface area contributed by atoms with E-state index in [1.54, 1.807) is 12.1 Å². The van der Waals surface area contributed by atoms with Crippen LogP contribution >= 0.6 is 0 Å². The Bertz CT molecular complexity index is 649. The molecule has 0 saturated heterocycles. The van der Waals surface area contributed by atoms with Crippen molar-refractivity contribution >= 4 is 11.6 Å². The second-order valence-corrected chi connectivity index (χ2v) is 4.98. The van der Waals surface area contributed by atoms with E-state index in [4.69, 9.17) is 5.73 Å². The quantitative estimate of drug-likeness (QED) is 0.910. The molecule has 0 aliphatic carbocycles. The van der Waals surface area contributed by atoms with Gasteiger partial charge in [0.25, 0.3) is 0 Å². The zero-order chi connectivity index (χ0) is 14.1. The summed E-state index contributed by atoms with van der Waals surface area (Å²) >= 11 is 0. The molecule has 4 heteroatoms. The number of nitrogens with two attached hydrogens (primary N) is 1. The highest BCUT2D eigenvalue weighted by Gasteiger charge is 2.28. The number of aliphatic imine (C=N–C) groups is 1. The van der Waals surface area contributed by atoms with Crippen LogP contribution in [-0.4, -0.2) is 12.5 Å². The monoisotopic (exact) mass is 269 g/mol. The van der Waals surface area contributed by atoms with Gasteiger partial charge in [-0.15, -0.1) is 0 Å². The summed E-state index contributed by atoms with van der Waals surface area (Å²) in [7, 11) is 0. The topological polar surface area (TPSA) is 41.6 Å². The van der Waals surface area contributed by atoms with Crippen LogP contribution in [0.25, 0.3) is 0 Å². The molecule has 102 valence electrons. The minimum Gasteiger partial charge on any atom is -0.369 e. The minimum absolute atomic E-state index is 0.0698. The van der Waals surface area contributed by atoms with Crippen molar-refractivity contribution in [2.45, 2.75) is 13.0 Å². The highest BCUT2D eigenvalue weighted by molar-refractivity contribution is 5.97. The maximum Gasteiger partial charge on any atom is 0.196 e. The zero-order valence-electron chi connectivity index (χ0n) is 11.3. The van der Waals surface area contributed by atoms with E-state index in [2.05, 4.69) is 30.1 Å². The Labute approximate surface area is 117 Å². The maximum atomic E-state index is 13.1. The fraction of sp³-hybridized carbons (Fsp3) is 0.188. The number of guanidine groups is 1. The molecule has 1 heterocycles. The molecule has 0 bridgehead atoms. The number of anilines is 1. The average molecular weight is 269 g/mol. The molecule has 0 saturated carbocycles. The van der Waals surface area contributed by atoms with E-state index >= 15 is 0 Å². The highest BCUT2D eigenvalue weighted by Crippen LogP contribution is 2.31. The number of benzene rings is 2. The third kappa shape index (κ3) is 2.25. The largest absolute Gasteiger partial charge is 0.369 e. The molecule has 3 nitrogen and oxygen atoms in total. The van der Waals surface area contributed by atoms with E-state index in [1.807, 2.05) is 11.0 Å². The van der Waals surface area contributed by atoms with Crippen LogP contribution in [0.3, 0.4) is 0 Å². The van der Waals surface area contributed by atoms with Crippen molar-refractivity contribution in [1.82, 2.24) is 0 Å². The zero-order valence-corrected chi connectivity index (χ0v) is 11.3. The molecule has 0 spiro atoms. The summed E-state index contributed by atoms with van der Waals surface area (Å²) in [6.45, 7) is 2.68. The van der Waals surface area contributed by atoms with Gasteiger partial charge in [-0.3, -0.25) is 4.99 Å². The summed E-state index contributed by atoms with van der Waals surface area (Å²) in [6.07, 6.45) is 0. The van der Waals surface area contributed by atoms with Gasteiger partial charge in [0.15, 0.2) is 5.96 Å². The van der Waals surface area contributed by atoms with Gasteiger partial charge in [0.2, 0.25) is 0 Å². The van der Waals surface area contributed by atoms with Crippen LogP contribution in [0.2, 0.25) is 0 Å². The van der Waals surface area contributed by atoms with Gasteiger partial charge in [-0.05, 0) is 36.8 Å². The van der Waals surface area contributed by atoms with Crippen molar-refractivity contribution in [1.29, 1.82) is 0 Å². The van der Waals surface area contributed by atoms with Gasteiger partial charge in [-0.2, -0.15) is 0 Å². The predicted molar refractivity (Wildman–Crippen MR) is 79.3 cm³/mol. The first-order chi connectivity index (χ1) is 9.65. The van der Waals surface area contributed by atoms with Gasteiger partial charge >= 0.3 is 0 Å². The standard InChI is InChI=1S/C16H16FN3/c1-11-3-2-4-12(9-11)15-10-19-16(18)20(15)14-7-5-13(17)6-8-14/h2-9,15H,10H2,1H3,(H2,18,19). The molecular weight excluding hydrogens is 253 g/mol. The molecule has 0 aromatic heterocycles. The SMILES string of the molecule is Cc1cccc(C2CN=C(N)N2c2ccc(F)cc2)c1. The normalized spacial score (nSPS) is 18.2. The molecule has 2 N–H and O–H groups in total. The van der Waals surface area contributed by atoms with Gasteiger partial charge in [0.05, 0.1) is 12.6 Å². The Kier molecular flexibility index (Phi) is 3.14. The van der Waals surface area contributed by atoms with Crippen molar-refractivity contribution in [3.05, 3.63) is 65.5 Å². The fourth-order valence-corrected chi connectivity index (χ4v) is 2.54. The second-order valence-electron chi connectivity index (χ2n) is 4.98. The molecule has 2 aromatic rings. The lowest BCUT2D eigenvalue weighted by Crippen LogP contribution is -2.36. The van der Waals surface area contributed by atoms with Gasteiger partial charge in [0.1, 0.15) is 5.82 Å². The van der Waals surface area contributed by atoms with E-state index in [0.717, 1.165) is 5.69 Å². The summed E-state index contributed by atoms with van der Waals surface area (Å²) in [6, 6.07) is 14.7. The molecule has 1 aliphatic rings.